The van der Waals surface area contributed by atoms with Crippen molar-refractivity contribution in [3.05, 3.63) is 42.9 Å². The van der Waals surface area contributed by atoms with E-state index in [1.807, 2.05) is 13.1 Å². The molecule has 28 heavy (non-hydrogen) atoms. The summed E-state index contributed by atoms with van der Waals surface area (Å²) in [6.07, 6.45) is 4.52. The number of carbonyl (C=O) groups is 1. The molecule has 4 N–H and O–H groups in total. The molecule has 3 rings (SSSR count). The van der Waals surface area contributed by atoms with Crippen molar-refractivity contribution >= 4 is 23.5 Å². The number of aromatic nitrogens is 5. The Morgan fingerprint density at radius 2 is 2.07 bits per heavy atom. The van der Waals surface area contributed by atoms with Crippen LogP contribution < -0.4 is 16.2 Å². The fraction of sp³-hybridized carbons (Fsp3) is 0.278. The van der Waals surface area contributed by atoms with Crippen LogP contribution in [-0.4, -0.2) is 41.9 Å². The van der Waals surface area contributed by atoms with Crippen molar-refractivity contribution in [1.29, 1.82) is 0 Å². The van der Waals surface area contributed by atoms with Crippen molar-refractivity contribution in [2.24, 2.45) is 12.9 Å². The van der Waals surface area contributed by atoms with Crippen molar-refractivity contribution in [3.8, 4) is 11.3 Å². The largest absolute Gasteiger partial charge is 0.393 e. The average Bonchev–Trinajstić information content (AvgIpc) is 3.12. The standard InChI is InChI=1S/C18H22N8O2/c1-3-13(27)11-17(28)26(19)16-10-12(4-7-20-16)14-5-8-21-18(23-14)24-15-6-9-22-25(15)2/h4-10,13,27H,3,11,19H2,1-2H3,(H,21,23,24)/t13-/m0/s1. The highest BCUT2D eigenvalue weighted by Gasteiger charge is 2.17. The van der Waals surface area contributed by atoms with Crippen LogP contribution in [0.2, 0.25) is 0 Å². The predicted molar refractivity (Wildman–Crippen MR) is 104 cm³/mol. The molecule has 0 saturated heterocycles. The lowest BCUT2D eigenvalue weighted by atomic mass is 10.1. The SMILES string of the molecule is CC[C@H](O)CC(=O)N(N)c1cc(-c2ccnc(Nc3ccnn3C)n2)ccn1. The number of nitrogens with two attached hydrogens (primary N) is 1. The number of nitrogens with zero attached hydrogens (tertiary/aromatic N) is 6. The van der Waals surface area contributed by atoms with Gasteiger partial charge >= 0.3 is 0 Å². The molecular weight excluding hydrogens is 360 g/mol. The third kappa shape index (κ3) is 4.48. The number of aliphatic hydroxyl groups excluding tert-OH is 1. The number of hydrogen-bond acceptors (Lipinski definition) is 8. The quantitative estimate of drug-likeness (QED) is 0.317. The number of pyridine rings is 1. The minimum atomic E-state index is -0.732. The molecule has 0 aliphatic rings. The molecule has 1 atom stereocenters. The number of aryl methyl sites for hydroxylation is 1. The van der Waals surface area contributed by atoms with Gasteiger partial charge in [-0.05, 0) is 24.6 Å². The van der Waals surface area contributed by atoms with Gasteiger partial charge in [-0.1, -0.05) is 6.92 Å². The molecule has 10 nitrogen and oxygen atoms in total. The van der Waals surface area contributed by atoms with Crippen molar-refractivity contribution in [2.45, 2.75) is 25.9 Å². The van der Waals surface area contributed by atoms with Gasteiger partial charge in [-0.3, -0.25) is 9.48 Å². The molecule has 3 aromatic rings. The van der Waals surface area contributed by atoms with E-state index in [2.05, 4.69) is 25.4 Å². The van der Waals surface area contributed by atoms with Crippen LogP contribution in [0.15, 0.2) is 42.9 Å². The van der Waals surface area contributed by atoms with Crippen LogP contribution in [0.1, 0.15) is 19.8 Å². The molecule has 0 unspecified atom stereocenters. The topological polar surface area (TPSA) is 135 Å². The molecule has 1 amide bonds. The van der Waals surface area contributed by atoms with E-state index in [0.29, 0.717) is 18.1 Å². The van der Waals surface area contributed by atoms with Gasteiger partial charge in [0, 0.05) is 31.1 Å². The van der Waals surface area contributed by atoms with E-state index >= 15 is 0 Å². The summed E-state index contributed by atoms with van der Waals surface area (Å²) in [5.41, 5.74) is 1.36. The lowest BCUT2D eigenvalue weighted by molar-refractivity contribution is -0.120. The van der Waals surface area contributed by atoms with Crippen molar-refractivity contribution in [2.75, 3.05) is 10.3 Å². The summed E-state index contributed by atoms with van der Waals surface area (Å²) in [7, 11) is 1.81. The van der Waals surface area contributed by atoms with Gasteiger partial charge in [0.1, 0.15) is 11.6 Å². The number of rotatable bonds is 7. The van der Waals surface area contributed by atoms with Crippen molar-refractivity contribution in [3.63, 3.8) is 0 Å². The fourth-order valence-corrected chi connectivity index (χ4v) is 2.47. The molecule has 0 fully saturated rings. The van der Waals surface area contributed by atoms with Crippen LogP contribution in [0.25, 0.3) is 11.3 Å². The van der Waals surface area contributed by atoms with E-state index in [-0.39, 0.29) is 12.2 Å². The maximum atomic E-state index is 12.2. The van der Waals surface area contributed by atoms with Crippen molar-refractivity contribution in [1.82, 2.24) is 24.7 Å². The van der Waals surface area contributed by atoms with Gasteiger partial charge in [-0.2, -0.15) is 5.10 Å². The zero-order chi connectivity index (χ0) is 20.1. The minimum Gasteiger partial charge on any atom is -0.393 e. The molecular formula is C18H22N8O2. The van der Waals surface area contributed by atoms with Crippen LogP contribution in [0.5, 0.6) is 0 Å². The summed E-state index contributed by atoms with van der Waals surface area (Å²) in [5.74, 6) is 6.89. The number of carbonyl (C=O) groups excluding carboxylic acids is 1. The Kier molecular flexibility index (Phi) is 5.92. The highest BCUT2D eigenvalue weighted by molar-refractivity contribution is 5.92. The number of hydrazine groups is 1. The molecule has 0 bridgehead atoms. The van der Waals surface area contributed by atoms with Gasteiger partial charge in [0.15, 0.2) is 0 Å². The summed E-state index contributed by atoms with van der Waals surface area (Å²) in [5, 5.41) is 17.8. The summed E-state index contributed by atoms with van der Waals surface area (Å²) >= 11 is 0. The number of amides is 1. The summed E-state index contributed by atoms with van der Waals surface area (Å²) < 4.78 is 1.67. The zero-order valence-corrected chi connectivity index (χ0v) is 15.6. The smallest absolute Gasteiger partial charge is 0.245 e. The van der Waals surface area contributed by atoms with Gasteiger partial charge in [-0.15, -0.1) is 0 Å². The molecule has 0 aromatic carbocycles. The molecule has 0 radical (unpaired) electrons. The van der Waals surface area contributed by atoms with Crippen molar-refractivity contribution < 1.29 is 9.90 Å². The molecule has 0 aliphatic heterocycles. The third-order valence-corrected chi connectivity index (χ3v) is 4.15. The highest BCUT2D eigenvalue weighted by atomic mass is 16.3. The van der Waals surface area contributed by atoms with Gasteiger partial charge < -0.3 is 10.4 Å². The summed E-state index contributed by atoms with van der Waals surface area (Å²) in [6, 6.07) is 6.98. The first-order chi connectivity index (χ1) is 13.5. The second-order valence-corrected chi connectivity index (χ2v) is 6.16. The first kappa shape index (κ1) is 19.4. The van der Waals surface area contributed by atoms with Crippen LogP contribution >= 0.6 is 0 Å². The number of hydrogen-bond donors (Lipinski definition) is 3. The fourth-order valence-electron chi connectivity index (χ4n) is 2.47. The minimum absolute atomic E-state index is 0.0643. The Hall–Kier alpha value is -3.37. The monoisotopic (exact) mass is 382 g/mol. The summed E-state index contributed by atoms with van der Waals surface area (Å²) in [6.45, 7) is 1.80. The van der Waals surface area contributed by atoms with E-state index in [9.17, 15) is 9.90 Å². The van der Waals surface area contributed by atoms with Gasteiger partial charge in [0.25, 0.3) is 0 Å². The second-order valence-electron chi connectivity index (χ2n) is 6.16. The third-order valence-electron chi connectivity index (χ3n) is 4.15. The maximum Gasteiger partial charge on any atom is 0.245 e. The number of aliphatic hydroxyl groups is 1. The molecule has 3 heterocycles. The molecule has 3 aromatic heterocycles. The summed E-state index contributed by atoms with van der Waals surface area (Å²) in [4.78, 5) is 25.0. The predicted octanol–water partition coefficient (Wildman–Crippen LogP) is 1.38. The van der Waals surface area contributed by atoms with E-state index < -0.39 is 12.0 Å². The highest BCUT2D eigenvalue weighted by Crippen LogP contribution is 2.22. The number of anilines is 3. The van der Waals surface area contributed by atoms with E-state index in [0.717, 1.165) is 16.4 Å². The van der Waals surface area contributed by atoms with Gasteiger partial charge in [0.05, 0.1) is 24.4 Å². The molecule has 10 heteroatoms. The van der Waals surface area contributed by atoms with Crippen LogP contribution in [0.3, 0.4) is 0 Å². The van der Waals surface area contributed by atoms with Crippen LogP contribution in [0.4, 0.5) is 17.6 Å². The van der Waals surface area contributed by atoms with Gasteiger partial charge in [-0.25, -0.2) is 25.8 Å². The van der Waals surface area contributed by atoms with E-state index in [1.54, 1.807) is 48.4 Å². The first-order valence-electron chi connectivity index (χ1n) is 8.78. The zero-order valence-electron chi connectivity index (χ0n) is 15.6. The molecule has 146 valence electrons. The van der Waals surface area contributed by atoms with E-state index in [1.165, 1.54) is 0 Å². The van der Waals surface area contributed by atoms with Crippen LogP contribution in [-0.2, 0) is 11.8 Å². The number of nitrogens with one attached hydrogen (secondary N) is 1. The van der Waals surface area contributed by atoms with E-state index in [4.69, 9.17) is 5.84 Å². The lowest BCUT2D eigenvalue weighted by Gasteiger charge is -2.17. The normalized spacial score (nSPS) is 11.9. The molecule has 0 aliphatic carbocycles. The first-order valence-corrected chi connectivity index (χ1v) is 8.78. The average molecular weight is 382 g/mol. The Morgan fingerprint density at radius 1 is 1.29 bits per heavy atom. The Labute approximate surface area is 162 Å². The lowest BCUT2D eigenvalue weighted by Crippen LogP contribution is -2.39. The molecule has 0 saturated carbocycles. The van der Waals surface area contributed by atoms with Crippen LogP contribution in [0, 0.1) is 0 Å². The maximum absolute atomic E-state index is 12.2. The Morgan fingerprint density at radius 3 is 2.79 bits per heavy atom. The Balaban J connectivity index is 1.81. The Bertz CT molecular complexity index is 958. The molecule has 0 spiro atoms. The second kappa shape index (κ2) is 8.55. The van der Waals surface area contributed by atoms with Gasteiger partial charge in [0.2, 0.25) is 11.9 Å².